The smallest absolute Gasteiger partial charge is 0.321 e. The van der Waals surface area contributed by atoms with E-state index in [1.165, 1.54) is 25.0 Å². The summed E-state index contributed by atoms with van der Waals surface area (Å²) in [5, 5.41) is 6.24. The van der Waals surface area contributed by atoms with Gasteiger partial charge in [-0.2, -0.15) is 0 Å². The number of carbonyl (C=O) groups is 1. The van der Waals surface area contributed by atoms with Crippen molar-refractivity contribution >= 4 is 24.1 Å². The number of halogens is 2. The number of urea groups is 1. The Labute approximate surface area is 136 Å². The van der Waals surface area contributed by atoms with Crippen molar-refractivity contribution in [2.75, 3.05) is 31.5 Å². The molecular formula is C16H23ClFN3O. The van der Waals surface area contributed by atoms with E-state index in [1.54, 1.807) is 12.1 Å². The quantitative estimate of drug-likeness (QED) is 0.831. The van der Waals surface area contributed by atoms with Gasteiger partial charge in [-0.25, -0.2) is 9.18 Å². The van der Waals surface area contributed by atoms with Crippen LogP contribution < -0.4 is 10.6 Å². The number of hydrogen-bond acceptors (Lipinski definition) is 2. The minimum absolute atomic E-state index is 0. The highest BCUT2D eigenvalue weighted by atomic mass is 35.5. The van der Waals surface area contributed by atoms with Crippen LogP contribution in [0.25, 0.3) is 0 Å². The van der Waals surface area contributed by atoms with Crippen molar-refractivity contribution in [2.45, 2.75) is 25.7 Å². The van der Waals surface area contributed by atoms with Crippen LogP contribution in [0.5, 0.6) is 0 Å². The van der Waals surface area contributed by atoms with Crippen LogP contribution in [-0.2, 0) is 0 Å². The number of nitrogens with zero attached hydrogens (tertiary/aromatic N) is 1. The summed E-state index contributed by atoms with van der Waals surface area (Å²) < 4.78 is 12.9. The van der Waals surface area contributed by atoms with Gasteiger partial charge in [0.2, 0.25) is 0 Å². The SMILES string of the molecule is Cl.O=C(Nc1ccc(F)cc1)N1CCC2(CCNCC2)CC1. The zero-order valence-electron chi connectivity index (χ0n) is 12.6. The molecule has 0 saturated carbocycles. The molecule has 2 heterocycles. The molecule has 1 aromatic rings. The van der Waals surface area contributed by atoms with Gasteiger partial charge in [-0.05, 0) is 68.5 Å². The average Bonchev–Trinajstić information content (AvgIpc) is 2.51. The van der Waals surface area contributed by atoms with E-state index in [1.807, 2.05) is 4.90 Å². The van der Waals surface area contributed by atoms with Crippen LogP contribution in [0, 0.1) is 11.2 Å². The summed E-state index contributed by atoms with van der Waals surface area (Å²) >= 11 is 0. The monoisotopic (exact) mass is 327 g/mol. The molecule has 0 radical (unpaired) electrons. The van der Waals surface area contributed by atoms with Gasteiger partial charge in [0.25, 0.3) is 0 Å². The van der Waals surface area contributed by atoms with Gasteiger partial charge in [0.05, 0.1) is 0 Å². The fourth-order valence-electron chi connectivity index (χ4n) is 3.38. The van der Waals surface area contributed by atoms with E-state index in [9.17, 15) is 9.18 Å². The van der Waals surface area contributed by atoms with Crippen molar-refractivity contribution < 1.29 is 9.18 Å². The maximum absolute atomic E-state index is 12.9. The van der Waals surface area contributed by atoms with E-state index in [4.69, 9.17) is 0 Å². The van der Waals surface area contributed by atoms with Crippen molar-refractivity contribution in [2.24, 2.45) is 5.41 Å². The highest BCUT2D eigenvalue weighted by Crippen LogP contribution is 2.39. The summed E-state index contributed by atoms with van der Waals surface area (Å²) in [5.74, 6) is -0.293. The zero-order chi connectivity index (χ0) is 14.7. The Balaban J connectivity index is 0.00000176. The fourth-order valence-corrected chi connectivity index (χ4v) is 3.38. The lowest BCUT2D eigenvalue weighted by atomic mass is 9.72. The van der Waals surface area contributed by atoms with Crippen LogP contribution in [0.15, 0.2) is 24.3 Å². The van der Waals surface area contributed by atoms with Gasteiger partial charge in [0.1, 0.15) is 5.82 Å². The molecule has 22 heavy (non-hydrogen) atoms. The van der Waals surface area contributed by atoms with Crippen LogP contribution in [0.4, 0.5) is 14.9 Å². The lowest BCUT2D eigenvalue weighted by Crippen LogP contribution is -2.48. The number of likely N-dealkylation sites (tertiary alicyclic amines) is 1. The van der Waals surface area contributed by atoms with E-state index >= 15 is 0 Å². The van der Waals surface area contributed by atoms with Crippen molar-refractivity contribution in [1.29, 1.82) is 0 Å². The van der Waals surface area contributed by atoms with Crippen molar-refractivity contribution in [3.63, 3.8) is 0 Å². The lowest BCUT2D eigenvalue weighted by molar-refractivity contribution is 0.0915. The molecule has 1 spiro atoms. The molecule has 2 saturated heterocycles. The topological polar surface area (TPSA) is 44.4 Å². The number of amides is 2. The van der Waals surface area contributed by atoms with E-state index in [2.05, 4.69) is 10.6 Å². The van der Waals surface area contributed by atoms with Crippen molar-refractivity contribution in [3.05, 3.63) is 30.1 Å². The predicted octanol–water partition coefficient (Wildman–Crippen LogP) is 3.25. The summed E-state index contributed by atoms with van der Waals surface area (Å²) in [6.07, 6.45) is 4.62. The van der Waals surface area contributed by atoms with Gasteiger partial charge in [0, 0.05) is 18.8 Å². The van der Waals surface area contributed by atoms with E-state index in [-0.39, 0.29) is 24.3 Å². The fraction of sp³-hybridized carbons (Fsp3) is 0.562. The molecule has 0 unspecified atom stereocenters. The summed E-state index contributed by atoms with van der Waals surface area (Å²) in [5.41, 5.74) is 1.08. The number of rotatable bonds is 1. The molecule has 2 amide bonds. The maximum Gasteiger partial charge on any atom is 0.321 e. The summed E-state index contributed by atoms with van der Waals surface area (Å²) in [6.45, 7) is 3.82. The van der Waals surface area contributed by atoms with Crippen LogP contribution in [0.3, 0.4) is 0 Å². The summed E-state index contributed by atoms with van der Waals surface area (Å²) in [6, 6.07) is 5.81. The Bertz CT molecular complexity index is 493. The molecular weight excluding hydrogens is 305 g/mol. The molecule has 3 rings (SSSR count). The lowest BCUT2D eigenvalue weighted by Gasteiger charge is -2.44. The molecule has 2 aliphatic heterocycles. The standard InChI is InChI=1S/C16H22FN3O.ClH/c17-13-1-3-14(4-2-13)19-15(21)20-11-7-16(8-12-20)5-9-18-10-6-16;/h1-4,18H,5-12H2,(H,19,21);1H. The summed E-state index contributed by atoms with van der Waals surface area (Å²) in [4.78, 5) is 14.1. The van der Waals surface area contributed by atoms with Crippen molar-refractivity contribution in [3.8, 4) is 0 Å². The van der Waals surface area contributed by atoms with Gasteiger partial charge < -0.3 is 15.5 Å². The largest absolute Gasteiger partial charge is 0.324 e. The first kappa shape index (κ1) is 17.0. The first-order valence-corrected chi connectivity index (χ1v) is 7.69. The molecule has 0 aromatic heterocycles. The molecule has 4 nitrogen and oxygen atoms in total. The van der Waals surface area contributed by atoms with Crippen LogP contribution in [0.2, 0.25) is 0 Å². The predicted molar refractivity (Wildman–Crippen MR) is 88.0 cm³/mol. The molecule has 2 N–H and O–H groups in total. The van der Waals surface area contributed by atoms with Gasteiger partial charge in [0.15, 0.2) is 0 Å². The Hall–Kier alpha value is -1.33. The Kier molecular flexibility index (Phi) is 5.64. The second kappa shape index (κ2) is 7.29. The zero-order valence-corrected chi connectivity index (χ0v) is 13.4. The van der Waals surface area contributed by atoms with Crippen LogP contribution >= 0.6 is 12.4 Å². The third-order valence-electron chi connectivity index (χ3n) is 4.87. The van der Waals surface area contributed by atoms with Gasteiger partial charge >= 0.3 is 6.03 Å². The first-order valence-electron chi connectivity index (χ1n) is 7.69. The van der Waals surface area contributed by atoms with Crippen LogP contribution in [0.1, 0.15) is 25.7 Å². The normalized spacial score (nSPS) is 20.3. The number of benzene rings is 1. The van der Waals surface area contributed by atoms with E-state index < -0.39 is 0 Å². The number of nitrogens with one attached hydrogen (secondary N) is 2. The maximum atomic E-state index is 12.9. The van der Waals surface area contributed by atoms with Crippen molar-refractivity contribution in [1.82, 2.24) is 10.2 Å². The second-order valence-corrected chi connectivity index (χ2v) is 6.17. The van der Waals surface area contributed by atoms with Gasteiger partial charge in [-0.1, -0.05) is 0 Å². The Morgan fingerprint density at radius 1 is 1.09 bits per heavy atom. The number of hydrogen-bond donors (Lipinski definition) is 2. The summed E-state index contributed by atoms with van der Waals surface area (Å²) in [7, 11) is 0. The Morgan fingerprint density at radius 2 is 1.68 bits per heavy atom. The van der Waals surface area contributed by atoms with Gasteiger partial charge in [-0.15, -0.1) is 12.4 Å². The first-order chi connectivity index (χ1) is 10.2. The molecule has 1 aromatic carbocycles. The molecule has 2 aliphatic rings. The molecule has 6 heteroatoms. The second-order valence-electron chi connectivity index (χ2n) is 6.17. The highest BCUT2D eigenvalue weighted by Gasteiger charge is 2.36. The van der Waals surface area contributed by atoms with Gasteiger partial charge in [-0.3, -0.25) is 0 Å². The van der Waals surface area contributed by atoms with Crippen LogP contribution in [-0.4, -0.2) is 37.1 Å². The highest BCUT2D eigenvalue weighted by molar-refractivity contribution is 5.89. The number of piperidine rings is 2. The minimum Gasteiger partial charge on any atom is -0.324 e. The average molecular weight is 328 g/mol. The molecule has 0 bridgehead atoms. The molecule has 0 aliphatic carbocycles. The Morgan fingerprint density at radius 3 is 2.27 bits per heavy atom. The molecule has 122 valence electrons. The number of anilines is 1. The van der Waals surface area contributed by atoms with E-state index in [0.717, 1.165) is 39.0 Å². The third kappa shape index (κ3) is 3.90. The van der Waals surface area contributed by atoms with E-state index in [0.29, 0.717) is 11.1 Å². The minimum atomic E-state index is -0.293. The third-order valence-corrected chi connectivity index (χ3v) is 4.87. The number of carbonyl (C=O) groups excluding carboxylic acids is 1. The molecule has 2 fully saturated rings. The molecule has 0 atom stereocenters.